The molecule has 2 fully saturated rings. The van der Waals surface area contributed by atoms with Gasteiger partial charge in [-0.2, -0.15) is 0 Å². The van der Waals surface area contributed by atoms with Crippen molar-refractivity contribution in [3.8, 4) is 0 Å². The molecule has 3 rings (SSSR count). The van der Waals surface area contributed by atoms with E-state index in [0.717, 1.165) is 24.3 Å². The topological polar surface area (TPSA) is 12.0 Å². The lowest BCUT2D eigenvalue weighted by Crippen LogP contribution is -2.36. The van der Waals surface area contributed by atoms with Crippen LogP contribution in [0.15, 0.2) is 18.2 Å². The highest BCUT2D eigenvalue weighted by Crippen LogP contribution is 2.49. The minimum atomic E-state index is 0.676. The van der Waals surface area contributed by atoms with Crippen LogP contribution >= 0.6 is 0 Å². The predicted molar refractivity (Wildman–Crippen MR) is 81.2 cm³/mol. The molecule has 2 saturated carbocycles. The fraction of sp³-hybridized carbons (Fsp3) is 0.667. The summed E-state index contributed by atoms with van der Waals surface area (Å²) in [6.45, 7) is 7.83. The molecule has 1 N–H and O–H groups in total. The van der Waals surface area contributed by atoms with Gasteiger partial charge in [0.05, 0.1) is 0 Å². The highest BCUT2D eigenvalue weighted by Gasteiger charge is 2.41. The Morgan fingerprint density at radius 2 is 2.05 bits per heavy atom. The molecule has 0 spiro atoms. The standard InChI is InChI=1S/C18H27N/c1-12-4-5-13(2)17(8-12)11-19-14(3)18-10-15-6-7-16(18)9-15/h4-5,8,14-16,18-19H,6-7,9-11H2,1-3H3/t14-,15+,16+,18-/m0/s1. The van der Waals surface area contributed by atoms with Gasteiger partial charge in [0.1, 0.15) is 0 Å². The van der Waals surface area contributed by atoms with Gasteiger partial charge in [-0.3, -0.25) is 0 Å². The quantitative estimate of drug-likeness (QED) is 0.851. The van der Waals surface area contributed by atoms with Crippen LogP contribution in [0.25, 0.3) is 0 Å². The Bertz CT molecular complexity index is 451. The molecule has 19 heavy (non-hydrogen) atoms. The zero-order valence-electron chi connectivity index (χ0n) is 12.6. The zero-order chi connectivity index (χ0) is 13.4. The minimum Gasteiger partial charge on any atom is -0.310 e. The van der Waals surface area contributed by atoms with Crippen molar-refractivity contribution in [2.75, 3.05) is 0 Å². The highest BCUT2D eigenvalue weighted by atomic mass is 14.9. The second-order valence-corrected chi connectivity index (χ2v) is 6.94. The van der Waals surface area contributed by atoms with Crippen molar-refractivity contribution in [2.45, 2.75) is 59.0 Å². The van der Waals surface area contributed by atoms with E-state index in [1.165, 1.54) is 42.4 Å². The van der Waals surface area contributed by atoms with Gasteiger partial charge in [0, 0.05) is 12.6 Å². The fourth-order valence-electron chi connectivity index (χ4n) is 4.32. The first-order valence-corrected chi connectivity index (χ1v) is 7.93. The van der Waals surface area contributed by atoms with Crippen molar-refractivity contribution in [2.24, 2.45) is 17.8 Å². The predicted octanol–water partition coefficient (Wildman–Crippen LogP) is 4.22. The highest BCUT2D eigenvalue weighted by molar-refractivity contribution is 5.30. The summed E-state index contributed by atoms with van der Waals surface area (Å²) in [5.41, 5.74) is 4.25. The molecule has 0 aliphatic heterocycles. The van der Waals surface area contributed by atoms with Crippen molar-refractivity contribution >= 4 is 0 Å². The van der Waals surface area contributed by atoms with Crippen LogP contribution in [0.2, 0.25) is 0 Å². The van der Waals surface area contributed by atoms with E-state index in [0.29, 0.717) is 6.04 Å². The van der Waals surface area contributed by atoms with Crippen molar-refractivity contribution in [3.63, 3.8) is 0 Å². The summed E-state index contributed by atoms with van der Waals surface area (Å²) in [7, 11) is 0. The molecule has 104 valence electrons. The third kappa shape index (κ3) is 2.72. The van der Waals surface area contributed by atoms with E-state index in [2.05, 4.69) is 44.3 Å². The van der Waals surface area contributed by atoms with Crippen LogP contribution < -0.4 is 5.32 Å². The number of hydrogen-bond donors (Lipinski definition) is 1. The van der Waals surface area contributed by atoms with Gasteiger partial charge in [-0.1, -0.05) is 30.2 Å². The third-order valence-corrected chi connectivity index (χ3v) is 5.55. The summed E-state index contributed by atoms with van der Waals surface area (Å²) in [6, 6.07) is 7.46. The molecular formula is C18H27N. The summed E-state index contributed by atoms with van der Waals surface area (Å²) < 4.78 is 0. The molecule has 1 aromatic carbocycles. The van der Waals surface area contributed by atoms with Gasteiger partial charge in [0.25, 0.3) is 0 Å². The molecule has 0 heterocycles. The van der Waals surface area contributed by atoms with Crippen molar-refractivity contribution in [3.05, 3.63) is 34.9 Å². The molecule has 2 bridgehead atoms. The number of nitrogens with one attached hydrogen (secondary N) is 1. The molecule has 0 radical (unpaired) electrons. The van der Waals surface area contributed by atoms with Crippen molar-refractivity contribution in [1.29, 1.82) is 0 Å². The van der Waals surface area contributed by atoms with Gasteiger partial charge in [0.2, 0.25) is 0 Å². The van der Waals surface area contributed by atoms with Crippen molar-refractivity contribution in [1.82, 2.24) is 5.32 Å². The Morgan fingerprint density at radius 1 is 1.21 bits per heavy atom. The average molecular weight is 257 g/mol. The molecule has 1 heteroatoms. The van der Waals surface area contributed by atoms with Gasteiger partial charge in [0.15, 0.2) is 0 Å². The molecule has 1 aromatic rings. The van der Waals surface area contributed by atoms with E-state index in [1.807, 2.05) is 0 Å². The van der Waals surface area contributed by atoms with Gasteiger partial charge < -0.3 is 5.32 Å². The molecule has 4 atom stereocenters. The van der Waals surface area contributed by atoms with Crippen LogP contribution in [0.1, 0.15) is 49.3 Å². The lowest BCUT2D eigenvalue weighted by molar-refractivity contribution is 0.259. The third-order valence-electron chi connectivity index (χ3n) is 5.55. The summed E-state index contributed by atoms with van der Waals surface area (Å²) in [4.78, 5) is 0. The van der Waals surface area contributed by atoms with Gasteiger partial charge in [-0.25, -0.2) is 0 Å². The van der Waals surface area contributed by atoms with E-state index >= 15 is 0 Å². The van der Waals surface area contributed by atoms with E-state index < -0.39 is 0 Å². The van der Waals surface area contributed by atoms with Gasteiger partial charge in [-0.15, -0.1) is 0 Å². The first-order valence-electron chi connectivity index (χ1n) is 7.93. The van der Waals surface area contributed by atoms with Crippen LogP contribution in [0.3, 0.4) is 0 Å². The number of aryl methyl sites for hydroxylation is 2. The second-order valence-electron chi connectivity index (χ2n) is 6.94. The molecule has 0 saturated heterocycles. The van der Waals surface area contributed by atoms with Crippen LogP contribution in [-0.2, 0) is 6.54 Å². The Morgan fingerprint density at radius 3 is 2.74 bits per heavy atom. The number of rotatable bonds is 4. The van der Waals surface area contributed by atoms with E-state index in [4.69, 9.17) is 0 Å². The van der Waals surface area contributed by atoms with Crippen LogP contribution in [0.4, 0.5) is 0 Å². The molecule has 1 nitrogen and oxygen atoms in total. The molecule has 0 amide bonds. The van der Waals surface area contributed by atoms with Crippen molar-refractivity contribution < 1.29 is 0 Å². The number of hydrogen-bond acceptors (Lipinski definition) is 1. The SMILES string of the molecule is Cc1ccc(C)c(CN[C@@H](C)[C@@H]2C[C@@H]3CC[C@@H]2C3)c1. The molecule has 2 aliphatic carbocycles. The van der Waals surface area contributed by atoms with E-state index in [-0.39, 0.29) is 0 Å². The van der Waals surface area contributed by atoms with E-state index in [9.17, 15) is 0 Å². The Labute approximate surface area is 117 Å². The maximum atomic E-state index is 3.79. The van der Waals surface area contributed by atoms with Gasteiger partial charge in [-0.05, 0) is 68.9 Å². The lowest BCUT2D eigenvalue weighted by Gasteiger charge is -2.29. The summed E-state index contributed by atoms with van der Waals surface area (Å²) in [5.74, 6) is 3.01. The maximum Gasteiger partial charge on any atom is 0.0210 e. The van der Waals surface area contributed by atoms with Crippen LogP contribution in [0, 0.1) is 31.6 Å². The Hall–Kier alpha value is -0.820. The molecule has 2 aliphatic rings. The molecular weight excluding hydrogens is 230 g/mol. The second kappa shape index (κ2) is 5.28. The van der Waals surface area contributed by atoms with Crippen LogP contribution in [-0.4, -0.2) is 6.04 Å². The number of benzene rings is 1. The Kier molecular flexibility index (Phi) is 3.66. The molecule has 0 aromatic heterocycles. The summed E-state index contributed by atoms with van der Waals surface area (Å²) >= 11 is 0. The first kappa shape index (κ1) is 13.2. The number of fused-ring (bicyclic) bond motifs is 2. The largest absolute Gasteiger partial charge is 0.310 e. The summed E-state index contributed by atoms with van der Waals surface area (Å²) in [6.07, 6.45) is 5.99. The fourth-order valence-corrected chi connectivity index (χ4v) is 4.32. The zero-order valence-corrected chi connectivity index (χ0v) is 12.6. The molecule has 0 unspecified atom stereocenters. The smallest absolute Gasteiger partial charge is 0.0210 e. The van der Waals surface area contributed by atoms with E-state index in [1.54, 1.807) is 0 Å². The summed E-state index contributed by atoms with van der Waals surface area (Å²) in [5, 5.41) is 3.79. The minimum absolute atomic E-state index is 0.676. The van der Waals surface area contributed by atoms with Gasteiger partial charge >= 0.3 is 0 Å². The first-order chi connectivity index (χ1) is 9.13. The normalized spacial score (nSPS) is 30.8. The monoisotopic (exact) mass is 257 g/mol. The lowest BCUT2D eigenvalue weighted by atomic mass is 9.84. The Balaban J connectivity index is 1.58. The van der Waals surface area contributed by atoms with Crippen LogP contribution in [0.5, 0.6) is 0 Å². The average Bonchev–Trinajstić information content (AvgIpc) is 3.02. The maximum absolute atomic E-state index is 3.79.